The fourth-order valence-corrected chi connectivity index (χ4v) is 5.38. The lowest BCUT2D eigenvalue weighted by atomic mass is 10.0. The minimum absolute atomic E-state index is 0.317. The summed E-state index contributed by atoms with van der Waals surface area (Å²) in [6.45, 7) is 2.42. The number of benzene rings is 1. The van der Waals surface area contributed by atoms with Crippen molar-refractivity contribution in [2.45, 2.75) is 31.5 Å². The molecule has 1 aliphatic carbocycles. The number of hydrogen-bond donors (Lipinski definition) is 0. The summed E-state index contributed by atoms with van der Waals surface area (Å²) in [5, 5.41) is 15.7. The zero-order valence-electron chi connectivity index (χ0n) is 17.4. The number of carbonyl (C=O) groups excluding carboxylic acids is 1. The Morgan fingerprint density at radius 3 is 2.50 bits per heavy atom. The van der Waals surface area contributed by atoms with Crippen LogP contribution < -0.4 is 9.80 Å². The molecular weight excluding hydrogens is 415 g/mol. The molecule has 2 aliphatic heterocycles. The molecule has 32 heavy (non-hydrogen) atoms. The Morgan fingerprint density at radius 1 is 1.03 bits per heavy atom. The highest BCUT2D eigenvalue weighted by atomic mass is 19.1. The van der Waals surface area contributed by atoms with Crippen LogP contribution in [0.25, 0.3) is 0 Å². The summed E-state index contributed by atoms with van der Waals surface area (Å²) in [4.78, 5) is 15.9. The molecule has 4 heterocycles. The average Bonchev–Trinajstić information content (AvgIpc) is 3.57. The van der Waals surface area contributed by atoms with Crippen LogP contribution in [0.5, 0.6) is 0 Å². The zero-order chi connectivity index (χ0) is 21.7. The summed E-state index contributed by atoms with van der Waals surface area (Å²) in [7, 11) is 0. The Balaban J connectivity index is 1.12. The first-order chi connectivity index (χ1) is 15.6. The molecule has 0 N–H and O–H groups in total. The standard InChI is InChI=1S/C21H23FN8O2/c22-19-9-16(29-13-18(32-21(29)31)12-28-5-3-23-25-28)1-2-20(19)27-10-14-7-17(8-15(14)11-27)30-6-4-24-26-30/h1-6,9,14-15,17-18H,7-8,10-13H2/t14-,15+,17?,18-/m0/s1. The number of amides is 1. The van der Waals surface area contributed by atoms with Gasteiger partial charge in [0.1, 0.15) is 11.9 Å². The third-order valence-corrected chi connectivity index (χ3v) is 6.86. The van der Waals surface area contributed by atoms with Crippen molar-refractivity contribution in [2.24, 2.45) is 11.8 Å². The van der Waals surface area contributed by atoms with Crippen molar-refractivity contribution in [1.82, 2.24) is 30.0 Å². The van der Waals surface area contributed by atoms with Crippen LogP contribution in [0, 0.1) is 17.7 Å². The molecule has 2 saturated heterocycles. The molecule has 3 aromatic rings. The predicted molar refractivity (Wildman–Crippen MR) is 112 cm³/mol. The van der Waals surface area contributed by atoms with Crippen LogP contribution in [0.2, 0.25) is 0 Å². The van der Waals surface area contributed by atoms with Gasteiger partial charge in [0, 0.05) is 25.5 Å². The second-order valence-electron chi connectivity index (χ2n) is 8.81. The first kappa shape index (κ1) is 19.2. The van der Waals surface area contributed by atoms with Crippen LogP contribution >= 0.6 is 0 Å². The van der Waals surface area contributed by atoms with Gasteiger partial charge in [0.15, 0.2) is 0 Å². The Hall–Kier alpha value is -3.50. The molecule has 0 bridgehead atoms. The van der Waals surface area contributed by atoms with Crippen LogP contribution in [-0.2, 0) is 11.3 Å². The van der Waals surface area contributed by atoms with Crippen LogP contribution in [0.15, 0.2) is 43.0 Å². The Morgan fingerprint density at radius 2 is 1.81 bits per heavy atom. The smallest absolute Gasteiger partial charge is 0.414 e. The normalized spacial score (nSPS) is 27.2. The molecule has 1 aromatic carbocycles. The van der Waals surface area contributed by atoms with E-state index in [9.17, 15) is 4.79 Å². The van der Waals surface area contributed by atoms with E-state index in [0.29, 0.717) is 42.3 Å². The Labute approximate surface area is 183 Å². The molecule has 1 saturated carbocycles. The molecule has 2 aromatic heterocycles. The SMILES string of the molecule is O=C1O[C@@H](Cn2ccnn2)CN1c1ccc(N2C[C@H]3CC(n4ccnn4)C[C@H]3C2)c(F)c1. The summed E-state index contributed by atoms with van der Waals surface area (Å²) >= 11 is 0. The number of cyclic esters (lactones) is 1. The van der Waals surface area contributed by atoms with Gasteiger partial charge in [-0.3, -0.25) is 4.90 Å². The molecule has 166 valence electrons. The fourth-order valence-electron chi connectivity index (χ4n) is 5.38. The minimum Gasteiger partial charge on any atom is -0.442 e. The number of anilines is 2. The van der Waals surface area contributed by atoms with E-state index in [1.165, 1.54) is 11.0 Å². The van der Waals surface area contributed by atoms with Gasteiger partial charge < -0.3 is 9.64 Å². The van der Waals surface area contributed by atoms with Crippen LogP contribution in [-0.4, -0.2) is 61.8 Å². The van der Waals surface area contributed by atoms with Crippen molar-refractivity contribution in [2.75, 3.05) is 29.4 Å². The molecule has 10 nitrogen and oxygen atoms in total. The first-order valence-electron chi connectivity index (χ1n) is 10.9. The van der Waals surface area contributed by atoms with Crippen LogP contribution in [0.3, 0.4) is 0 Å². The van der Waals surface area contributed by atoms with Gasteiger partial charge in [-0.05, 0) is 42.9 Å². The lowest BCUT2D eigenvalue weighted by Gasteiger charge is -2.23. The minimum atomic E-state index is -0.475. The van der Waals surface area contributed by atoms with Crippen molar-refractivity contribution in [3.05, 3.63) is 48.8 Å². The van der Waals surface area contributed by atoms with E-state index in [1.54, 1.807) is 35.4 Å². The van der Waals surface area contributed by atoms with Crippen molar-refractivity contribution in [3.8, 4) is 0 Å². The highest BCUT2D eigenvalue weighted by Crippen LogP contribution is 2.45. The number of carbonyl (C=O) groups is 1. The first-order valence-corrected chi connectivity index (χ1v) is 10.9. The van der Waals surface area contributed by atoms with E-state index in [0.717, 1.165) is 25.9 Å². The van der Waals surface area contributed by atoms with Gasteiger partial charge in [-0.15, -0.1) is 10.2 Å². The van der Waals surface area contributed by atoms with E-state index in [-0.39, 0.29) is 11.9 Å². The molecule has 1 amide bonds. The lowest BCUT2D eigenvalue weighted by Crippen LogP contribution is -2.27. The number of ether oxygens (including phenoxy) is 1. The summed E-state index contributed by atoms with van der Waals surface area (Å²) in [5.41, 5.74) is 1.09. The molecular formula is C21H23FN8O2. The summed E-state index contributed by atoms with van der Waals surface area (Å²) in [6, 6.07) is 5.39. The molecule has 3 fully saturated rings. The highest BCUT2D eigenvalue weighted by Gasteiger charge is 2.42. The maximum Gasteiger partial charge on any atom is 0.414 e. The molecule has 1 unspecified atom stereocenters. The highest BCUT2D eigenvalue weighted by molar-refractivity contribution is 5.90. The Bertz CT molecular complexity index is 1090. The van der Waals surface area contributed by atoms with E-state index < -0.39 is 6.09 Å². The third kappa shape index (κ3) is 3.37. The van der Waals surface area contributed by atoms with Gasteiger partial charge in [0.05, 0.1) is 42.9 Å². The number of aromatic nitrogens is 6. The summed E-state index contributed by atoms with van der Waals surface area (Å²) in [6.07, 6.45) is 8.16. The lowest BCUT2D eigenvalue weighted by molar-refractivity contribution is 0.129. The van der Waals surface area contributed by atoms with Crippen LogP contribution in [0.1, 0.15) is 18.9 Å². The fraction of sp³-hybridized carbons (Fsp3) is 0.476. The second kappa shape index (κ2) is 7.57. The number of halogens is 1. The van der Waals surface area contributed by atoms with Gasteiger partial charge >= 0.3 is 6.09 Å². The van der Waals surface area contributed by atoms with Gasteiger partial charge in [0.25, 0.3) is 0 Å². The van der Waals surface area contributed by atoms with Crippen molar-refractivity contribution >= 4 is 17.5 Å². The Kier molecular flexibility index (Phi) is 4.54. The van der Waals surface area contributed by atoms with Gasteiger partial charge in [0.2, 0.25) is 0 Å². The number of fused-ring (bicyclic) bond motifs is 1. The molecule has 6 rings (SSSR count). The van der Waals surface area contributed by atoms with Crippen molar-refractivity contribution in [1.29, 1.82) is 0 Å². The monoisotopic (exact) mass is 438 g/mol. The van der Waals surface area contributed by atoms with Crippen molar-refractivity contribution in [3.63, 3.8) is 0 Å². The quantitative estimate of drug-likeness (QED) is 0.602. The average molecular weight is 438 g/mol. The summed E-state index contributed by atoms with van der Waals surface area (Å²) < 4.78 is 24.1. The van der Waals surface area contributed by atoms with E-state index in [1.807, 2.05) is 10.9 Å². The second-order valence-corrected chi connectivity index (χ2v) is 8.81. The van der Waals surface area contributed by atoms with Crippen LogP contribution in [0.4, 0.5) is 20.6 Å². The third-order valence-electron chi connectivity index (χ3n) is 6.86. The van der Waals surface area contributed by atoms with Gasteiger partial charge in [-0.25, -0.2) is 18.5 Å². The van der Waals surface area contributed by atoms with Gasteiger partial charge in [-0.2, -0.15) is 0 Å². The topological polar surface area (TPSA) is 94.2 Å². The molecule has 11 heteroatoms. The molecule has 0 spiro atoms. The number of rotatable bonds is 5. The molecule has 4 atom stereocenters. The predicted octanol–water partition coefficient (Wildman–Crippen LogP) is 2.12. The zero-order valence-corrected chi connectivity index (χ0v) is 17.4. The van der Waals surface area contributed by atoms with E-state index in [4.69, 9.17) is 4.74 Å². The van der Waals surface area contributed by atoms with E-state index >= 15 is 4.39 Å². The van der Waals surface area contributed by atoms with Gasteiger partial charge in [-0.1, -0.05) is 10.4 Å². The number of nitrogens with zero attached hydrogens (tertiary/aromatic N) is 8. The molecule has 0 radical (unpaired) electrons. The molecule has 3 aliphatic rings. The summed E-state index contributed by atoms with van der Waals surface area (Å²) in [5.74, 6) is 0.728. The van der Waals surface area contributed by atoms with Crippen molar-refractivity contribution < 1.29 is 13.9 Å². The number of hydrogen-bond acceptors (Lipinski definition) is 7. The largest absolute Gasteiger partial charge is 0.442 e. The maximum atomic E-state index is 15.1. The van der Waals surface area contributed by atoms with E-state index in [2.05, 4.69) is 25.5 Å². The maximum absolute atomic E-state index is 15.1.